The van der Waals surface area contributed by atoms with E-state index in [0.29, 0.717) is 12.8 Å². The molecule has 1 heterocycles. The van der Waals surface area contributed by atoms with Crippen molar-refractivity contribution in [1.29, 1.82) is 0 Å². The van der Waals surface area contributed by atoms with Gasteiger partial charge >= 0.3 is 13.6 Å². The monoisotopic (exact) mass is 290 g/mol. The first kappa shape index (κ1) is 14.6. The fourth-order valence-corrected chi connectivity index (χ4v) is 4.74. The Balaban J connectivity index is 2.32. The van der Waals surface area contributed by atoms with Crippen LogP contribution in [0.2, 0.25) is 0 Å². The van der Waals surface area contributed by atoms with Gasteiger partial charge < -0.3 is 18.9 Å². The Morgan fingerprint density at radius 3 is 2.63 bits per heavy atom. The number of carbonyl (C=O) groups excluding carboxylic acids is 1. The van der Waals surface area contributed by atoms with E-state index in [1.165, 1.54) is 0 Å². The average molecular weight is 290 g/mol. The molecule has 0 bridgehead atoms. The molecule has 3 unspecified atom stereocenters. The van der Waals surface area contributed by atoms with E-state index in [0.717, 1.165) is 0 Å². The van der Waals surface area contributed by atoms with E-state index < -0.39 is 25.1 Å². The number of hydrogen-bond donors (Lipinski definition) is 1. The Kier molecular flexibility index (Phi) is 4.33. The number of esters is 1. The Bertz CT molecular complexity index is 422. The van der Waals surface area contributed by atoms with Crippen molar-refractivity contribution in [3.05, 3.63) is 11.8 Å². The van der Waals surface area contributed by atoms with Gasteiger partial charge in [0.25, 0.3) is 0 Å². The fraction of sp³-hybridized carbons (Fsp3) is 0.750. The number of rotatable bonds is 5. The van der Waals surface area contributed by atoms with E-state index in [2.05, 4.69) is 0 Å². The maximum atomic E-state index is 12.7. The van der Waals surface area contributed by atoms with Gasteiger partial charge in [0.05, 0.1) is 19.0 Å². The number of ether oxygens (including phenoxy) is 1. The van der Waals surface area contributed by atoms with Gasteiger partial charge in [0.15, 0.2) is 5.66 Å². The summed E-state index contributed by atoms with van der Waals surface area (Å²) in [6.45, 7) is 3.76. The Labute approximate surface area is 112 Å². The van der Waals surface area contributed by atoms with Crippen LogP contribution >= 0.6 is 7.60 Å². The summed E-state index contributed by atoms with van der Waals surface area (Å²) < 4.78 is 28.4. The molecule has 0 spiro atoms. The zero-order chi connectivity index (χ0) is 14.0. The van der Waals surface area contributed by atoms with Gasteiger partial charge in [-0.3, -0.25) is 9.36 Å². The van der Waals surface area contributed by atoms with Gasteiger partial charge in [-0.05, 0) is 26.3 Å². The van der Waals surface area contributed by atoms with Crippen LogP contribution < -0.4 is 0 Å². The Morgan fingerprint density at radius 1 is 1.42 bits per heavy atom. The standard InChI is InChI=1S/C12H19O6P/c1-3-16-19(15,17-4-2)11-9-7-8(13)5-6-10(9)18-12(11)14/h7,9-11,13H,3-6H2,1-2H3. The molecule has 0 saturated carbocycles. The van der Waals surface area contributed by atoms with Gasteiger partial charge in [-0.1, -0.05) is 0 Å². The second kappa shape index (κ2) is 5.65. The number of aliphatic hydroxyl groups excluding tert-OH is 1. The first-order valence-corrected chi connectivity index (χ1v) is 8.12. The quantitative estimate of drug-likeness (QED) is 0.618. The predicted molar refractivity (Wildman–Crippen MR) is 68.0 cm³/mol. The molecule has 6 nitrogen and oxygen atoms in total. The lowest BCUT2D eigenvalue weighted by Crippen LogP contribution is -2.28. The summed E-state index contributed by atoms with van der Waals surface area (Å²) in [5.41, 5.74) is -0.972. The highest BCUT2D eigenvalue weighted by atomic mass is 31.2. The van der Waals surface area contributed by atoms with Crippen molar-refractivity contribution < 1.29 is 28.3 Å². The second-order valence-electron chi connectivity index (χ2n) is 4.57. The van der Waals surface area contributed by atoms with Crippen LogP contribution in [0.1, 0.15) is 26.7 Å². The molecule has 0 amide bonds. The molecule has 19 heavy (non-hydrogen) atoms. The molecule has 1 N–H and O–H groups in total. The van der Waals surface area contributed by atoms with Crippen LogP contribution in [0.15, 0.2) is 11.8 Å². The highest BCUT2D eigenvalue weighted by Gasteiger charge is 2.56. The minimum atomic E-state index is -3.57. The van der Waals surface area contributed by atoms with Crippen LogP contribution in [-0.4, -0.2) is 36.1 Å². The normalized spacial score (nSPS) is 30.7. The lowest BCUT2D eigenvalue weighted by atomic mass is 9.91. The van der Waals surface area contributed by atoms with E-state index in [1.807, 2.05) is 0 Å². The van der Waals surface area contributed by atoms with Crippen LogP contribution in [0.25, 0.3) is 0 Å². The second-order valence-corrected chi connectivity index (χ2v) is 6.72. The van der Waals surface area contributed by atoms with Crippen LogP contribution in [-0.2, 0) is 23.1 Å². The summed E-state index contributed by atoms with van der Waals surface area (Å²) in [7, 11) is -3.57. The molecule has 2 aliphatic rings. The maximum absolute atomic E-state index is 12.7. The Hall–Kier alpha value is -0.840. The molecule has 0 aromatic heterocycles. The highest BCUT2D eigenvalue weighted by Crippen LogP contribution is 2.59. The molecule has 0 aromatic rings. The van der Waals surface area contributed by atoms with E-state index in [1.54, 1.807) is 19.9 Å². The molecule has 3 atom stereocenters. The van der Waals surface area contributed by atoms with Gasteiger partial charge in [0.2, 0.25) is 0 Å². The van der Waals surface area contributed by atoms with E-state index >= 15 is 0 Å². The molecule has 1 aliphatic heterocycles. The topological polar surface area (TPSA) is 82.1 Å². The molecular formula is C12H19O6P. The summed E-state index contributed by atoms with van der Waals surface area (Å²) in [4.78, 5) is 12.0. The van der Waals surface area contributed by atoms with Crippen LogP contribution in [0, 0.1) is 5.92 Å². The molecule has 0 radical (unpaired) electrons. The van der Waals surface area contributed by atoms with Crippen molar-refractivity contribution in [2.75, 3.05) is 13.2 Å². The first-order chi connectivity index (χ1) is 9.01. The Morgan fingerprint density at radius 2 is 2.05 bits per heavy atom. The number of aliphatic hydroxyl groups is 1. The van der Waals surface area contributed by atoms with E-state index in [9.17, 15) is 14.5 Å². The minimum absolute atomic E-state index is 0.189. The smallest absolute Gasteiger partial charge is 0.345 e. The van der Waals surface area contributed by atoms with Gasteiger partial charge in [0.1, 0.15) is 6.10 Å². The molecule has 2 rings (SSSR count). The first-order valence-electron chi connectivity index (χ1n) is 6.50. The SMILES string of the molecule is CCOP(=O)(OCC)C1C(=O)OC2CCC(O)=CC21. The summed E-state index contributed by atoms with van der Waals surface area (Å²) in [5.74, 6) is -0.805. The van der Waals surface area contributed by atoms with Crippen molar-refractivity contribution in [3.8, 4) is 0 Å². The number of fused-ring (bicyclic) bond motifs is 1. The third-order valence-corrected chi connectivity index (χ3v) is 5.80. The largest absolute Gasteiger partial charge is 0.513 e. The van der Waals surface area contributed by atoms with Crippen molar-refractivity contribution >= 4 is 13.6 Å². The summed E-state index contributed by atoms with van der Waals surface area (Å²) in [5, 5.41) is 9.61. The average Bonchev–Trinajstić information content (AvgIpc) is 2.65. The lowest BCUT2D eigenvalue weighted by molar-refractivity contribution is -0.141. The van der Waals surface area contributed by atoms with Gasteiger partial charge in [0, 0.05) is 12.3 Å². The van der Waals surface area contributed by atoms with Gasteiger partial charge in [-0.2, -0.15) is 0 Å². The van der Waals surface area contributed by atoms with Crippen molar-refractivity contribution in [2.24, 2.45) is 5.92 Å². The number of hydrogen-bond acceptors (Lipinski definition) is 6. The van der Waals surface area contributed by atoms with Crippen molar-refractivity contribution in [2.45, 2.75) is 38.5 Å². The highest BCUT2D eigenvalue weighted by molar-refractivity contribution is 7.55. The number of carbonyl (C=O) groups is 1. The molecule has 108 valence electrons. The van der Waals surface area contributed by atoms with Crippen LogP contribution in [0.5, 0.6) is 0 Å². The molecule has 1 fully saturated rings. The third kappa shape index (κ3) is 2.71. The minimum Gasteiger partial charge on any atom is -0.513 e. The third-order valence-electron chi connectivity index (χ3n) is 3.33. The lowest BCUT2D eigenvalue weighted by Gasteiger charge is -2.26. The molecular weight excluding hydrogens is 271 g/mol. The maximum Gasteiger partial charge on any atom is 0.345 e. The summed E-state index contributed by atoms with van der Waals surface area (Å²) in [6, 6.07) is 0. The molecule has 0 aromatic carbocycles. The number of allylic oxidation sites excluding steroid dienone is 1. The summed E-state index contributed by atoms with van der Waals surface area (Å²) >= 11 is 0. The van der Waals surface area contributed by atoms with Crippen molar-refractivity contribution in [3.63, 3.8) is 0 Å². The van der Waals surface area contributed by atoms with Crippen molar-refractivity contribution in [1.82, 2.24) is 0 Å². The summed E-state index contributed by atoms with van der Waals surface area (Å²) in [6.07, 6.45) is 2.21. The predicted octanol–water partition coefficient (Wildman–Crippen LogP) is 2.40. The van der Waals surface area contributed by atoms with E-state index in [4.69, 9.17) is 13.8 Å². The van der Waals surface area contributed by atoms with Crippen LogP contribution in [0.4, 0.5) is 0 Å². The van der Waals surface area contributed by atoms with Gasteiger partial charge in [-0.25, -0.2) is 0 Å². The molecule has 7 heteroatoms. The zero-order valence-electron chi connectivity index (χ0n) is 11.1. The van der Waals surface area contributed by atoms with Gasteiger partial charge in [-0.15, -0.1) is 0 Å². The zero-order valence-corrected chi connectivity index (χ0v) is 12.0. The molecule has 1 saturated heterocycles. The fourth-order valence-electron chi connectivity index (χ4n) is 2.60. The van der Waals surface area contributed by atoms with Crippen LogP contribution in [0.3, 0.4) is 0 Å². The molecule has 1 aliphatic carbocycles. The van der Waals surface area contributed by atoms with E-state index in [-0.39, 0.29) is 25.1 Å².